The number of methoxy groups -OCH3 is 2. The first-order chi connectivity index (χ1) is 14.7. The van der Waals surface area contributed by atoms with Crippen molar-refractivity contribution in [3.05, 3.63) is 47.3 Å². The van der Waals surface area contributed by atoms with Gasteiger partial charge in [0, 0.05) is 28.6 Å². The van der Waals surface area contributed by atoms with Gasteiger partial charge in [0.15, 0.2) is 0 Å². The highest BCUT2D eigenvalue weighted by atomic mass is 32.1. The Hall–Kier alpha value is -3.26. The Morgan fingerprint density at radius 1 is 0.967 bits per heavy atom. The molecule has 8 heteroatoms. The molecule has 0 aliphatic heterocycles. The molecule has 0 bridgehead atoms. The summed E-state index contributed by atoms with van der Waals surface area (Å²) in [5.74, 6) is 2.92. The minimum absolute atomic E-state index is 0.559. The van der Waals surface area contributed by atoms with Crippen LogP contribution in [0.2, 0.25) is 0 Å². The smallest absolute Gasteiger partial charge is 0.203 e. The Labute approximate surface area is 180 Å². The second-order valence-corrected chi connectivity index (χ2v) is 6.90. The van der Waals surface area contributed by atoms with Gasteiger partial charge in [-0.15, -0.1) is 11.3 Å². The zero-order chi connectivity index (χ0) is 21.3. The summed E-state index contributed by atoms with van der Waals surface area (Å²) >= 11 is 1.46. The van der Waals surface area contributed by atoms with Crippen LogP contribution in [0.4, 0.5) is 5.13 Å². The molecular formula is C22H25N3O4S. The number of thiazole rings is 1. The first-order valence-electron chi connectivity index (χ1n) is 9.55. The number of hydrogen-bond donors (Lipinski definition) is 1. The van der Waals surface area contributed by atoms with E-state index in [0.717, 1.165) is 34.1 Å². The van der Waals surface area contributed by atoms with Crippen LogP contribution in [-0.4, -0.2) is 38.6 Å². The first kappa shape index (κ1) is 21.4. The standard InChI is InChI=1S/C22H25N3O4S/c1-5-28-17-8-7-15(20(12-17)29-6-2)13-23-25-22-24-19(14-30-22)18-10-9-16(26-3)11-21(18)27-4/h7-14H,5-6H2,1-4H3,(H,24,25)/b23-13-. The molecule has 0 saturated carbocycles. The van der Waals surface area contributed by atoms with E-state index in [9.17, 15) is 0 Å². The van der Waals surface area contributed by atoms with Gasteiger partial charge in [0.25, 0.3) is 0 Å². The van der Waals surface area contributed by atoms with E-state index in [0.29, 0.717) is 24.1 Å². The van der Waals surface area contributed by atoms with Crippen molar-refractivity contribution >= 4 is 22.7 Å². The SMILES string of the molecule is CCOc1ccc(/C=N\Nc2nc(-c3ccc(OC)cc3OC)cs2)c(OCC)c1. The van der Waals surface area contributed by atoms with Gasteiger partial charge in [0.1, 0.15) is 23.0 Å². The number of hydrogen-bond acceptors (Lipinski definition) is 8. The van der Waals surface area contributed by atoms with E-state index in [4.69, 9.17) is 18.9 Å². The number of aromatic nitrogens is 1. The largest absolute Gasteiger partial charge is 0.497 e. The normalized spacial score (nSPS) is 10.8. The van der Waals surface area contributed by atoms with Gasteiger partial charge in [0.05, 0.1) is 39.3 Å². The number of ether oxygens (including phenoxy) is 4. The molecule has 158 valence electrons. The molecule has 3 rings (SSSR count). The minimum Gasteiger partial charge on any atom is -0.497 e. The minimum atomic E-state index is 0.559. The van der Waals surface area contributed by atoms with Crippen molar-refractivity contribution in [2.45, 2.75) is 13.8 Å². The Kier molecular flexibility index (Phi) is 7.51. The number of anilines is 1. The molecule has 0 aliphatic rings. The second-order valence-electron chi connectivity index (χ2n) is 6.04. The molecule has 1 N–H and O–H groups in total. The molecular weight excluding hydrogens is 402 g/mol. The van der Waals surface area contributed by atoms with E-state index >= 15 is 0 Å². The van der Waals surface area contributed by atoms with Gasteiger partial charge in [0.2, 0.25) is 5.13 Å². The zero-order valence-electron chi connectivity index (χ0n) is 17.5. The molecule has 7 nitrogen and oxygen atoms in total. The van der Waals surface area contributed by atoms with E-state index in [2.05, 4.69) is 15.5 Å². The van der Waals surface area contributed by atoms with E-state index in [1.165, 1.54) is 11.3 Å². The molecule has 0 fully saturated rings. The summed E-state index contributed by atoms with van der Waals surface area (Å²) in [4.78, 5) is 4.59. The molecule has 3 aromatic rings. The lowest BCUT2D eigenvalue weighted by Crippen LogP contribution is -1.99. The quantitative estimate of drug-likeness (QED) is 0.360. The van der Waals surface area contributed by atoms with E-state index in [1.54, 1.807) is 20.4 Å². The molecule has 0 atom stereocenters. The van der Waals surface area contributed by atoms with E-state index in [-0.39, 0.29) is 0 Å². The van der Waals surface area contributed by atoms with Crippen molar-refractivity contribution < 1.29 is 18.9 Å². The van der Waals surface area contributed by atoms with Crippen molar-refractivity contribution in [2.24, 2.45) is 5.10 Å². The van der Waals surface area contributed by atoms with Gasteiger partial charge < -0.3 is 18.9 Å². The molecule has 0 saturated heterocycles. The third kappa shape index (κ3) is 5.21. The molecule has 1 aromatic heterocycles. The second kappa shape index (κ2) is 10.5. The average molecular weight is 428 g/mol. The number of nitrogens with one attached hydrogen (secondary N) is 1. The highest BCUT2D eigenvalue weighted by molar-refractivity contribution is 7.14. The van der Waals surface area contributed by atoms with Crippen molar-refractivity contribution in [3.63, 3.8) is 0 Å². The molecule has 1 heterocycles. The molecule has 0 amide bonds. The lowest BCUT2D eigenvalue weighted by molar-refractivity contribution is 0.323. The molecule has 0 unspecified atom stereocenters. The highest BCUT2D eigenvalue weighted by Crippen LogP contribution is 2.34. The van der Waals surface area contributed by atoms with Crippen LogP contribution < -0.4 is 24.4 Å². The predicted molar refractivity (Wildman–Crippen MR) is 121 cm³/mol. The highest BCUT2D eigenvalue weighted by Gasteiger charge is 2.11. The van der Waals surface area contributed by atoms with Gasteiger partial charge in [-0.2, -0.15) is 5.10 Å². The van der Waals surface area contributed by atoms with Gasteiger partial charge in [-0.1, -0.05) is 0 Å². The number of hydrazone groups is 1. The number of benzene rings is 2. The first-order valence-corrected chi connectivity index (χ1v) is 10.4. The zero-order valence-corrected chi connectivity index (χ0v) is 18.3. The third-order valence-electron chi connectivity index (χ3n) is 4.15. The van der Waals surface area contributed by atoms with Crippen molar-refractivity contribution in [1.82, 2.24) is 4.98 Å². The summed E-state index contributed by atoms with van der Waals surface area (Å²) < 4.78 is 21.9. The lowest BCUT2D eigenvalue weighted by Gasteiger charge is -2.09. The lowest BCUT2D eigenvalue weighted by atomic mass is 10.1. The summed E-state index contributed by atoms with van der Waals surface area (Å²) in [5.41, 5.74) is 5.51. The van der Waals surface area contributed by atoms with Crippen LogP contribution >= 0.6 is 11.3 Å². The van der Waals surface area contributed by atoms with Gasteiger partial charge in [-0.25, -0.2) is 4.98 Å². The van der Waals surface area contributed by atoms with Crippen molar-refractivity contribution in [3.8, 4) is 34.3 Å². The number of nitrogens with zero attached hydrogens (tertiary/aromatic N) is 2. The van der Waals surface area contributed by atoms with Crippen LogP contribution in [0.5, 0.6) is 23.0 Å². The topological polar surface area (TPSA) is 74.2 Å². The summed E-state index contributed by atoms with van der Waals surface area (Å²) in [5, 5.41) is 6.93. The van der Waals surface area contributed by atoms with Crippen molar-refractivity contribution in [2.75, 3.05) is 32.9 Å². The molecule has 0 radical (unpaired) electrons. The fourth-order valence-electron chi connectivity index (χ4n) is 2.77. The fraction of sp³-hybridized carbons (Fsp3) is 0.273. The predicted octanol–water partition coefficient (Wildman–Crippen LogP) is 5.07. The Morgan fingerprint density at radius 3 is 2.47 bits per heavy atom. The summed E-state index contributed by atoms with van der Waals surface area (Å²) in [6.45, 7) is 5.05. The monoisotopic (exact) mass is 427 g/mol. The number of rotatable bonds is 10. The van der Waals surface area contributed by atoms with Crippen LogP contribution in [-0.2, 0) is 0 Å². The summed E-state index contributed by atoms with van der Waals surface area (Å²) in [6, 6.07) is 11.3. The third-order valence-corrected chi connectivity index (χ3v) is 4.90. The Bertz CT molecular complexity index is 1000. The van der Waals surface area contributed by atoms with Crippen LogP contribution in [0.25, 0.3) is 11.3 Å². The summed E-state index contributed by atoms with van der Waals surface area (Å²) in [7, 11) is 3.25. The van der Waals surface area contributed by atoms with Crippen LogP contribution in [0.1, 0.15) is 19.4 Å². The molecule has 0 aliphatic carbocycles. The van der Waals surface area contributed by atoms with E-state index < -0.39 is 0 Å². The van der Waals surface area contributed by atoms with Crippen LogP contribution in [0, 0.1) is 0 Å². The van der Waals surface area contributed by atoms with E-state index in [1.807, 2.05) is 55.6 Å². The van der Waals surface area contributed by atoms with Gasteiger partial charge in [-0.05, 0) is 38.1 Å². The average Bonchev–Trinajstić information content (AvgIpc) is 3.23. The Morgan fingerprint density at radius 2 is 1.73 bits per heavy atom. The van der Waals surface area contributed by atoms with Crippen LogP contribution in [0.3, 0.4) is 0 Å². The maximum Gasteiger partial charge on any atom is 0.203 e. The Balaban J connectivity index is 1.73. The molecule has 2 aromatic carbocycles. The maximum absolute atomic E-state index is 5.70. The fourth-order valence-corrected chi connectivity index (χ4v) is 3.43. The maximum atomic E-state index is 5.70. The van der Waals surface area contributed by atoms with Crippen LogP contribution in [0.15, 0.2) is 46.9 Å². The van der Waals surface area contributed by atoms with Gasteiger partial charge >= 0.3 is 0 Å². The van der Waals surface area contributed by atoms with Gasteiger partial charge in [-0.3, -0.25) is 5.43 Å². The molecule has 30 heavy (non-hydrogen) atoms. The summed E-state index contributed by atoms with van der Waals surface area (Å²) in [6.07, 6.45) is 1.70. The molecule has 0 spiro atoms. The van der Waals surface area contributed by atoms with Crippen molar-refractivity contribution in [1.29, 1.82) is 0 Å².